The zero-order chi connectivity index (χ0) is 14.9. The lowest BCUT2D eigenvalue weighted by Crippen LogP contribution is -2.40. The van der Waals surface area contributed by atoms with E-state index in [1.807, 2.05) is 0 Å². The molecule has 20 heavy (non-hydrogen) atoms. The number of ether oxygens (including phenoxy) is 1. The van der Waals surface area contributed by atoms with Crippen molar-refractivity contribution in [3.8, 4) is 0 Å². The molecule has 0 spiro atoms. The van der Waals surface area contributed by atoms with Gasteiger partial charge < -0.3 is 14.9 Å². The molecule has 10 heteroatoms. The van der Waals surface area contributed by atoms with Gasteiger partial charge in [-0.2, -0.15) is 4.39 Å². The first-order chi connectivity index (χ1) is 9.29. The molecule has 1 unspecified atom stereocenters. The molecule has 3 N–H and O–H groups in total. The maximum atomic E-state index is 13.3. The molecule has 0 radical (unpaired) electrons. The van der Waals surface area contributed by atoms with Gasteiger partial charge in [-0.15, -0.1) is 23.2 Å². The van der Waals surface area contributed by atoms with Crippen LogP contribution in [0.25, 0.3) is 0 Å². The summed E-state index contributed by atoms with van der Waals surface area (Å²) in [6.45, 7) is 0. The topological polar surface area (TPSA) is 105 Å². The first kappa shape index (κ1) is 14.0. The van der Waals surface area contributed by atoms with Crippen LogP contribution in [0.15, 0.2) is 15.8 Å². The van der Waals surface area contributed by atoms with Crippen LogP contribution in [0, 0.1) is 5.82 Å². The molecule has 1 aliphatic carbocycles. The van der Waals surface area contributed by atoms with Crippen molar-refractivity contribution in [2.24, 2.45) is 0 Å². The van der Waals surface area contributed by atoms with Gasteiger partial charge in [0.05, 0.1) is 12.1 Å². The number of aromatic amines is 1. The van der Waals surface area contributed by atoms with Gasteiger partial charge in [0.15, 0.2) is 6.23 Å². The molecule has 1 aromatic heterocycles. The Morgan fingerprint density at radius 2 is 2.20 bits per heavy atom. The van der Waals surface area contributed by atoms with Crippen LogP contribution in [-0.4, -0.2) is 48.3 Å². The highest BCUT2D eigenvalue weighted by molar-refractivity contribution is 6.23. The molecule has 0 bridgehead atoms. The minimum atomic E-state index is -1.83. The summed E-state index contributed by atoms with van der Waals surface area (Å²) < 4.78 is 19.3. The summed E-state index contributed by atoms with van der Waals surface area (Å²) in [5.41, 5.74) is -5.45. The third-order valence-corrected chi connectivity index (χ3v) is 4.80. The predicted octanol–water partition coefficient (Wildman–Crippen LogP) is -1.10. The molecule has 7 nitrogen and oxygen atoms in total. The van der Waals surface area contributed by atoms with E-state index >= 15 is 0 Å². The molecule has 0 aromatic carbocycles. The van der Waals surface area contributed by atoms with E-state index in [1.54, 1.807) is 4.98 Å². The summed E-state index contributed by atoms with van der Waals surface area (Å²) >= 11 is 11.7. The average Bonchev–Trinajstić information content (AvgIpc) is 2.76. The van der Waals surface area contributed by atoms with Gasteiger partial charge in [-0.1, -0.05) is 0 Å². The smallest absolute Gasteiger partial charge is 0.330 e. The molecule has 2 fully saturated rings. The third-order valence-electron chi connectivity index (χ3n) is 3.85. The molecule has 1 aromatic rings. The van der Waals surface area contributed by atoms with Gasteiger partial charge in [-0.25, -0.2) is 4.79 Å². The highest BCUT2D eigenvalue weighted by atomic mass is 35.5. The number of hydrogen-bond acceptors (Lipinski definition) is 5. The second kappa shape index (κ2) is 4.05. The van der Waals surface area contributed by atoms with E-state index in [4.69, 9.17) is 27.9 Å². The molecular formula is C10H9Cl2FN2O5. The number of halogens is 3. The van der Waals surface area contributed by atoms with Crippen molar-refractivity contribution in [3.05, 3.63) is 32.9 Å². The third kappa shape index (κ3) is 1.40. The van der Waals surface area contributed by atoms with Crippen molar-refractivity contribution in [3.63, 3.8) is 0 Å². The molecule has 1 aliphatic heterocycles. The van der Waals surface area contributed by atoms with Crippen LogP contribution in [0.5, 0.6) is 0 Å². The number of aliphatic hydroxyl groups is 2. The van der Waals surface area contributed by atoms with Crippen molar-refractivity contribution in [2.45, 2.75) is 28.9 Å². The Balaban J connectivity index is 2.05. The van der Waals surface area contributed by atoms with E-state index in [0.29, 0.717) is 10.8 Å². The Bertz CT molecular complexity index is 689. The van der Waals surface area contributed by atoms with Gasteiger partial charge in [0, 0.05) is 0 Å². The molecule has 3 rings (SSSR count). The minimum Gasteiger partial charge on any atom is -0.387 e. The lowest BCUT2D eigenvalue weighted by Gasteiger charge is -2.22. The Morgan fingerprint density at radius 1 is 1.55 bits per heavy atom. The summed E-state index contributed by atoms with van der Waals surface area (Å²) in [5, 5.41) is 18.7. The first-order valence-corrected chi connectivity index (χ1v) is 6.56. The van der Waals surface area contributed by atoms with Crippen LogP contribution in [0.4, 0.5) is 4.39 Å². The highest BCUT2D eigenvalue weighted by Gasteiger charge is 2.86. The molecule has 1 saturated carbocycles. The lowest BCUT2D eigenvalue weighted by molar-refractivity contribution is -0.0564. The number of nitrogens with one attached hydrogen (secondary N) is 1. The second-order valence-electron chi connectivity index (χ2n) is 4.80. The van der Waals surface area contributed by atoms with Gasteiger partial charge in [-0.3, -0.25) is 14.3 Å². The zero-order valence-corrected chi connectivity index (χ0v) is 11.2. The number of fused-ring (bicyclic) bond motifs is 1. The van der Waals surface area contributed by atoms with Crippen molar-refractivity contribution in [2.75, 3.05) is 5.88 Å². The number of H-pyrrole nitrogens is 1. The van der Waals surface area contributed by atoms with Crippen LogP contribution >= 0.6 is 23.2 Å². The van der Waals surface area contributed by atoms with E-state index in [9.17, 15) is 24.2 Å². The Morgan fingerprint density at radius 3 is 2.75 bits per heavy atom. The Kier molecular flexibility index (Phi) is 2.84. The van der Waals surface area contributed by atoms with Crippen molar-refractivity contribution < 1.29 is 19.3 Å². The van der Waals surface area contributed by atoms with Gasteiger partial charge in [0.1, 0.15) is 22.7 Å². The van der Waals surface area contributed by atoms with E-state index in [-0.39, 0.29) is 5.88 Å². The summed E-state index contributed by atoms with van der Waals surface area (Å²) in [5.74, 6) is -1.46. The molecule has 5 atom stereocenters. The molecule has 1 saturated heterocycles. The molecule has 2 aliphatic rings. The fourth-order valence-corrected chi connectivity index (χ4v) is 3.49. The standard InChI is InChI=1S/C10H9Cl2FN2O5/c11-2-9-7(17)10(9,19)4(12)6(20-9)15-1-3(13)5(16)14-8(15)18/h1,4,6-7,17,19H,2H2,(H,14,16,18)/t4-,6+,7?,9+,10+/m0/s1. The fraction of sp³-hybridized carbons (Fsp3) is 0.600. The van der Waals surface area contributed by atoms with Crippen molar-refractivity contribution >= 4 is 23.2 Å². The van der Waals surface area contributed by atoms with Crippen molar-refractivity contribution in [1.82, 2.24) is 9.55 Å². The summed E-state index contributed by atoms with van der Waals surface area (Å²) in [6, 6.07) is 0. The van der Waals surface area contributed by atoms with Gasteiger partial charge in [0.25, 0.3) is 5.56 Å². The molecule has 2 heterocycles. The lowest BCUT2D eigenvalue weighted by atomic mass is 10.2. The van der Waals surface area contributed by atoms with E-state index in [2.05, 4.69) is 0 Å². The zero-order valence-electron chi connectivity index (χ0n) is 9.72. The summed E-state index contributed by atoms with van der Waals surface area (Å²) in [7, 11) is 0. The number of alkyl halides is 2. The van der Waals surface area contributed by atoms with Gasteiger partial charge in [0.2, 0.25) is 5.82 Å². The van der Waals surface area contributed by atoms with Crippen LogP contribution in [0.3, 0.4) is 0 Å². The SMILES string of the molecule is O=c1[nH]c(=O)n([C@@H]2O[C@]3(CCl)C(O)[C@]3(O)[C@H]2Cl)cc1F. The maximum absolute atomic E-state index is 13.3. The van der Waals surface area contributed by atoms with Crippen LogP contribution in [0.1, 0.15) is 6.23 Å². The normalized spacial score (nSPS) is 42.5. The minimum absolute atomic E-state index is 0.259. The average molecular weight is 327 g/mol. The summed E-state index contributed by atoms with van der Waals surface area (Å²) in [4.78, 5) is 24.4. The fourth-order valence-electron chi connectivity index (χ4n) is 2.59. The number of aromatic nitrogens is 2. The number of aliphatic hydroxyl groups excluding tert-OH is 1. The Labute approximate surface area is 120 Å². The van der Waals surface area contributed by atoms with Crippen LogP contribution < -0.4 is 11.2 Å². The second-order valence-corrected chi connectivity index (χ2v) is 5.54. The number of rotatable bonds is 2. The summed E-state index contributed by atoms with van der Waals surface area (Å²) in [6.07, 6.45) is -1.93. The van der Waals surface area contributed by atoms with E-state index in [0.717, 1.165) is 0 Å². The van der Waals surface area contributed by atoms with E-state index in [1.165, 1.54) is 0 Å². The quantitative estimate of drug-likeness (QED) is 0.598. The van der Waals surface area contributed by atoms with E-state index < -0.39 is 46.0 Å². The van der Waals surface area contributed by atoms with Crippen LogP contribution in [-0.2, 0) is 4.74 Å². The maximum Gasteiger partial charge on any atom is 0.330 e. The van der Waals surface area contributed by atoms with Gasteiger partial charge >= 0.3 is 5.69 Å². The molecular weight excluding hydrogens is 318 g/mol. The molecule has 0 amide bonds. The van der Waals surface area contributed by atoms with Gasteiger partial charge in [-0.05, 0) is 0 Å². The van der Waals surface area contributed by atoms with Crippen molar-refractivity contribution in [1.29, 1.82) is 0 Å². The number of hydrogen-bond donors (Lipinski definition) is 3. The largest absolute Gasteiger partial charge is 0.387 e. The molecule has 110 valence electrons. The Hall–Kier alpha value is -0.930. The predicted molar refractivity (Wildman–Crippen MR) is 65.5 cm³/mol. The highest BCUT2D eigenvalue weighted by Crippen LogP contribution is 2.64. The monoisotopic (exact) mass is 326 g/mol. The first-order valence-electron chi connectivity index (χ1n) is 5.59. The van der Waals surface area contributed by atoms with Crippen LogP contribution in [0.2, 0.25) is 0 Å². The number of nitrogens with zero attached hydrogens (tertiary/aromatic N) is 1.